The zero-order valence-electron chi connectivity index (χ0n) is 12.3. The minimum Gasteiger partial charge on any atom is -0.327 e. The second kappa shape index (κ2) is 8.06. The first kappa shape index (κ1) is 15.1. The van der Waals surface area contributed by atoms with Crippen molar-refractivity contribution in [3.05, 3.63) is 22.4 Å². The first-order chi connectivity index (χ1) is 9.29. The van der Waals surface area contributed by atoms with Crippen LogP contribution in [0.4, 0.5) is 0 Å². The summed E-state index contributed by atoms with van der Waals surface area (Å²) in [6.45, 7) is 2.30. The van der Waals surface area contributed by atoms with Gasteiger partial charge in [-0.05, 0) is 49.0 Å². The van der Waals surface area contributed by atoms with Crippen LogP contribution in [0.2, 0.25) is 0 Å². The summed E-state index contributed by atoms with van der Waals surface area (Å²) in [6.07, 6.45) is 12.2. The average molecular weight is 279 g/mol. The van der Waals surface area contributed by atoms with Crippen LogP contribution in [0.15, 0.2) is 17.5 Å². The van der Waals surface area contributed by atoms with Crippen molar-refractivity contribution >= 4 is 11.3 Å². The molecule has 108 valence electrons. The van der Waals surface area contributed by atoms with Crippen molar-refractivity contribution in [3.63, 3.8) is 0 Å². The molecule has 1 aliphatic rings. The highest BCUT2D eigenvalue weighted by molar-refractivity contribution is 7.09. The van der Waals surface area contributed by atoms with Gasteiger partial charge in [0.2, 0.25) is 0 Å². The summed E-state index contributed by atoms with van der Waals surface area (Å²) >= 11 is 1.87. The predicted octanol–water partition coefficient (Wildman–Crippen LogP) is 5.00. The van der Waals surface area contributed by atoms with E-state index in [-0.39, 0.29) is 0 Å². The molecule has 2 rings (SSSR count). The Balaban J connectivity index is 1.65. The third-order valence-electron chi connectivity index (χ3n) is 4.77. The molecule has 2 N–H and O–H groups in total. The fourth-order valence-electron chi connectivity index (χ4n) is 3.40. The summed E-state index contributed by atoms with van der Waals surface area (Å²) in [5.41, 5.74) is 6.42. The minimum atomic E-state index is 0.425. The van der Waals surface area contributed by atoms with Crippen molar-refractivity contribution in [2.45, 2.75) is 70.8 Å². The number of nitrogens with two attached hydrogens (primary N) is 1. The summed E-state index contributed by atoms with van der Waals surface area (Å²) < 4.78 is 0. The average Bonchev–Trinajstić information content (AvgIpc) is 2.96. The summed E-state index contributed by atoms with van der Waals surface area (Å²) in [5.74, 6) is 1.79. The third-order valence-corrected chi connectivity index (χ3v) is 5.70. The van der Waals surface area contributed by atoms with Crippen LogP contribution in [0.3, 0.4) is 0 Å². The Morgan fingerprint density at radius 2 is 2.11 bits per heavy atom. The Hall–Kier alpha value is -0.340. The van der Waals surface area contributed by atoms with Crippen LogP contribution < -0.4 is 5.73 Å². The van der Waals surface area contributed by atoms with E-state index < -0.39 is 0 Å². The lowest BCUT2D eigenvalue weighted by molar-refractivity contribution is 0.227. The minimum absolute atomic E-state index is 0.425. The van der Waals surface area contributed by atoms with E-state index in [0.29, 0.717) is 6.04 Å². The molecule has 1 atom stereocenters. The van der Waals surface area contributed by atoms with Crippen LogP contribution in [-0.4, -0.2) is 6.04 Å². The van der Waals surface area contributed by atoms with Gasteiger partial charge >= 0.3 is 0 Å². The van der Waals surface area contributed by atoms with Gasteiger partial charge in [-0.3, -0.25) is 0 Å². The fraction of sp³-hybridized carbons (Fsp3) is 0.765. The number of aryl methyl sites for hydroxylation is 1. The van der Waals surface area contributed by atoms with Crippen LogP contribution >= 0.6 is 11.3 Å². The molecule has 0 bridgehead atoms. The van der Waals surface area contributed by atoms with Crippen molar-refractivity contribution in [2.24, 2.45) is 17.6 Å². The standard InChI is InChI=1S/C17H29NS/c1-2-3-5-14-7-9-15(10-8-14)17(18)12-11-16-6-4-13-19-16/h4,6,13-15,17H,2-3,5,7-12,18H2,1H3. The Kier molecular flexibility index (Phi) is 6.39. The molecule has 1 saturated carbocycles. The SMILES string of the molecule is CCCCC1CCC(C(N)CCc2cccs2)CC1. The maximum atomic E-state index is 6.42. The van der Waals surface area contributed by atoms with Crippen LogP contribution in [0.5, 0.6) is 0 Å². The zero-order chi connectivity index (χ0) is 13.5. The second-order valence-electron chi connectivity index (χ2n) is 6.20. The smallest absolute Gasteiger partial charge is 0.00706 e. The molecule has 2 heteroatoms. The Morgan fingerprint density at radius 3 is 2.74 bits per heavy atom. The molecular weight excluding hydrogens is 250 g/mol. The van der Waals surface area contributed by atoms with Gasteiger partial charge in [-0.25, -0.2) is 0 Å². The van der Waals surface area contributed by atoms with E-state index in [0.717, 1.165) is 11.8 Å². The Morgan fingerprint density at radius 1 is 1.32 bits per heavy atom. The molecule has 0 amide bonds. The van der Waals surface area contributed by atoms with Crippen LogP contribution in [0.25, 0.3) is 0 Å². The number of thiophene rings is 1. The van der Waals surface area contributed by atoms with Gasteiger partial charge in [-0.2, -0.15) is 0 Å². The van der Waals surface area contributed by atoms with Gasteiger partial charge in [0.15, 0.2) is 0 Å². The van der Waals surface area contributed by atoms with Crippen molar-refractivity contribution in [2.75, 3.05) is 0 Å². The highest BCUT2D eigenvalue weighted by Gasteiger charge is 2.25. The topological polar surface area (TPSA) is 26.0 Å². The molecule has 1 nitrogen and oxygen atoms in total. The summed E-state index contributed by atoms with van der Waals surface area (Å²) in [5, 5.41) is 2.17. The van der Waals surface area contributed by atoms with E-state index in [9.17, 15) is 0 Å². The van der Waals surface area contributed by atoms with Crippen LogP contribution in [-0.2, 0) is 6.42 Å². The van der Waals surface area contributed by atoms with Gasteiger partial charge in [0.1, 0.15) is 0 Å². The molecule has 0 spiro atoms. The van der Waals surface area contributed by atoms with E-state index in [2.05, 4.69) is 24.4 Å². The van der Waals surface area contributed by atoms with E-state index in [1.165, 1.54) is 62.7 Å². The third kappa shape index (κ3) is 4.92. The van der Waals surface area contributed by atoms with Gasteiger partial charge in [0.05, 0.1) is 0 Å². The lowest BCUT2D eigenvalue weighted by Gasteiger charge is -2.32. The predicted molar refractivity (Wildman–Crippen MR) is 85.6 cm³/mol. The molecule has 0 aliphatic heterocycles. The molecule has 0 saturated heterocycles. The Bertz CT molecular complexity index is 325. The second-order valence-corrected chi connectivity index (χ2v) is 7.24. The lowest BCUT2D eigenvalue weighted by atomic mass is 9.76. The first-order valence-electron chi connectivity index (χ1n) is 8.07. The maximum absolute atomic E-state index is 6.42. The van der Waals surface area contributed by atoms with Crippen LogP contribution in [0.1, 0.15) is 63.2 Å². The van der Waals surface area contributed by atoms with E-state index >= 15 is 0 Å². The van der Waals surface area contributed by atoms with Crippen molar-refractivity contribution in [3.8, 4) is 0 Å². The summed E-state index contributed by atoms with van der Waals surface area (Å²) in [7, 11) is 0. The van der Waals surface area contributed by atoms with E-state index in [1.807, 2.05) is 11.3 Å². The van der Waals surface area contributed by atoms with Gasteiger partial charge in [0, 0.05) is 10.9 Å². The molecule has 1 unspecified atom stereocenters. The summed E-state index contributed by atoms with van der Waals surface area (Å²) in [4.78, 5) is 1.49. The van der Waals surface area contributed by atoms with E-state index in [4.69, 9.17) is 5.73 Å². The normalized spacial score (nSPS) is 25.4. The number of unbranched alkanes of at least 4 members (excludes halogenated alkanes) is 1. The summed E-state index contributed by atoms with van der Waals surface area (Å²) in [6, 6.07) is 4.80. The number of hydrogen-bond acceptors (Lipinski definition) is 2. The molecule has 1 fully saturated rings. The van der Waals surface area contributed by atoms with Crippen molar-refractivity contribution < 1.29 is 0 Å². The van der Waals surface area contributed by atoms with Gasteiger partial charge in [0.25, 0.3) is 0 Å². The zero-order valence-corrected chi connectivity index (χ0v) is 13.1. The lowest BCUT2D eigenvalue weighted by Crippen LogP contribution is -2.33. The molecule has 1 aromatic heterocycles. The molecule has 1 heterocycles. The molecule has 1 aromatic rings. The monoisotopic (exact) mass is 279 g/mol. The van der Waals surface area contributed by atoms with E-state index in [1.54, 1.807) is 0 Å². The van der Waals surface area contributed by atoms with Gasteiger partial charge < -0.3 is 5.73 Å². The maximum Gasteiger partial charge on any atom is 0.00706 e. The number of hydrogen-bond donors (Lipinski definition) is 1. The fourth-order valence-corrected chi connectivity index (χ4v) is 4.12. The van der Waals surface area contributed by atoms with Gasteiger partial charge in [-0.15, -0.1) is 11.3 Å². The molecule has 1 aliphatic carbocycles. The largest absolute Gasteiger partial charge is 0.327 e. The highest BCUT2D eigenvalue weighted by atomic mass is 32.1. The first-order valence-corrected chi connectivity index (χ1v) is 8.95. The highest BCUT2D eigenvalue weighted by Crippen LogP contribution is 2.34. The molecular formula is C17H29NS. The molecule has 19 heavy (non-hydrogen) atoms. The Labute approximate surface area is 122 Å². The quantitative estimate of drug-likeness (QED) is 0.746. The van der Waals surface area contributed by atoms with Crippen molar-refractivity contribution in [1.82, 2.24) is 0 Å². The molecule has 0 aromatic carbocycles. The molecule has 0 radical (unpaired) electrons. The van der Waals surface area contributed by atoms with Gasteiger partial charge in [-0.1, -0.05) is 45.1 Å². The van der Waals surface area contributed by atoms with Crippen molar-refractivity contribution in [1.29, 1.82) is 0 Å². The number of rotatable bonds is 7. The van der Waals surface area contributed by atoms with Crippen LogP contribution in [0, 0.1) is 11.8 Å².